The third-order valence-corrected chi connectivity index (χ3v) is 2.76. The van der Waals surface area contributed by atoms with E-state index in [1.165, 1.54) is 0 Å². The van der Waals surface area contributed by atoms with Gasteiger partial charge in [0.25, 0.3) is 5.91 Å². The molecule has 0 aliphatic rings. The molecule has 0 spiro atoms. The summed E-state index contributed by atoms with van der Waals surface area (Å²) in [4.78, 5) is 12.1. The standard InChI is InChI=1S/C15H13N3O/c1-10-5-6-13(17)8-14(10)18-15(19)12-4-2-3-11(7-12)9-16/h2-8H,17H2,1H3,(H,18,19). The molecule has 0 bridgehead atoms. The summed E-state index contributed by atoms with van der Waals surface area (Å²) in [5.74, 6) is -0.259. The summed E-state index contributed by atoms with van der Waals surface area (Å²) in [7, 11) is 0. The molecule has 1 amide bonds. The second-order valence-electron chi connectivity index (χ2n) is 4.22. The van der Waals surface area contributed by atoms with Crippen molar-refractivity contribution >= 4 is 17.3 Å². The van der Waals surface area contributed by atoms with Gasteiger partial charge in [0.2, 0.25) is 0 Å². The van der Waals surface area contributed by atoms with E-state index in [2.05, 4.69) is 5.32 Å². The van der Waals surface area contributed by atoms with Crippen LogP contribution in [0.2, 0.25) is 0 Å². The number of aryl methyl sites for hydroxylation is 1. The van der Waals surface area contributed by atoms with E-state index in [1.54, 1.807) is 36.4 Å². The lowest BCUT2D eigenvalue weighted by molar-refractivity contribution is 0.102. The van der Waals surface area contributed by atoms with E-state index in [4.69, 9.17) is 11.0 Å². The fraction of sp³-hybridized carbons (Fsp3) is 0.0667. The number of nitrogens with zero attached hydrogens (tertiary/aromatic N) is 1. The van der Waals surface area contributed by atoms with Crippen LogP contribution in [0, 0.1) is 18.3 Å². The van der Waals surface area contributed by atoms with Gasteiger partial charge in [-0.15, -0.1) is 0 Å². The van der Waals surface area contributed by atoms with Crippen LogP contribution in [-0.4, -0.2) is 5.91 Å². The Morgan fingerprint density at radius 1 is 1.26 bits per heavy atom. The molecule has 0 atom stereocenters. The predicted octanol–water partition coefficient (Wildman–Crippen LogP) is 2.70. The van der Waals surface area contributed by atoms with Gasteiger partial charge in [-0.3, -0.25) is 4.79 Å². The van der Waals surface area contributed by atoms with E-state index in [1.807, 2.05) is 19.1 Å². The normalized spacial score (nSPS) is 9.68. The number of rotatable bonds is 2. The van der Waals surface area contributed by atoms with E-state index >= 15 is 0 Å². The fourth-order valence-electron chi connectivity index (χ4n) is 1.70. The highest BCUT2D eigenvalue weighted by Gasteiger charge is 2.08. The van der Waals surface area contributed by atoms with Crippen molar-refractivity contribution in [1.82, 2.24) is 0 Å². The van der Waals surface area contributed by atoms with Crippen LogP contribution in [0.4, 0.5) is 11.4 Å². The molecule has 0 radical (unpaired) electrons. The van der Waals surface area contributed by atoms with Gasteiger partial charge in [-0.1, -0.05) is 12.1 Å². The van der Waals surface area contributed by atoms with Crippen LogP contribution in [-0.2, 0) is 0 Å². The molecule has 4 heteroatoms. The molecular weight excluding hydrogens is 238 g/mol. The second-order valence-corrected chi connectivity index (χ2v) is 4.22. The summed E-state index contributed by atoms with van der Waals surface area (Å²) in [5, 5.41) is 11.6. The number of nitrogen functional groups attached to an aromatic ring is 1. The molecule has 2 rings (SSSR count). The zero-order valence-corrected chi connectivity index (χ0v) is 10.5. The second kappa shape index (κ2) is 5.23. The number of hydrogen-bond acceptors (Lipinski definition) is 3. The first-order chi connectivity index (χ1) is 9.10. The van der Waals surface area contributed by atoms with Crippen molar-refractivity contribution in [3.8, 4) is 6.07 Å². The van der Waals surface area contributed by atoms with E-state index in [0.717, 1.165) is 5.56 Å². The minimum atomic E-state index is -0.259. The van der Waals surface area contributed by atoms with Crippen LogP contribution in [0.25, 0.3) is 0 Å². The van der Waals surface area contributed by atoms with Crippen LogP contribution in [0.5, 0.6) is 0 Å². The van der Waals surface area contributed by atoms with E-state index in [9.17, 15) is 4.79 Å². The zero-order chi connectivity index (χ0) is 13.8. The Kier molecular flexibility index (Phi) is 3.48. The van der Waals surface area contributed by atoms with Gasteiger partial charge in [0.1, 0.15) is 0 Å². The molecule has 0 aliphatic carbocycles. The monoisotopic (exact) mass is 251 g/mol. The Hall–Kier alpha value is -2.80. The molecule has 3 N–H and O–H groups in total. The van der Waals surface area contributed by atoms with Crippen LogP contribution in [0.15, 0.2) is 42.5 Å². The number of hydrogen-bond donors (Lipinski definition) is 2. The fourth-order valence-corrected chi connectivity index (χ4v) is 1.70. The van der Waals surface area contributed by atoms with E-state index < -0.39 is 0 Å². The van der Waals surface area contributed by atoms with Crippen molar-refractivity contribution in [3.05, 3.63) is 59.2 Å². The Morgan fingerprint density at radius 3 is 2.79 bits per heavy atom. The molecule has 19 heavy (non-hydrogen) atoms. The molecule has 0 saturated carbocycles. The van der Waals surface area contributed by atoms with Crippen molar-refractivity contribution in [2.45, 2.75) is 6.92 Å². The van der Waals surface area contributed by atoms with Gasteiger partial charge in [-0.05, 0) is 42.8 Å². The first kappa shape index (κ1) is 12.7. The summed E-state index contributed by atoms with van der Waals surface area (Å²) < 4.78 is 0. The number of carbonyl (C=O) groups excluding carboxylic acids is 1. The lowest BCUT2D eigenvalue weighted by atomic mass is 10.1. The highest BCUT2D eigenvalue weighted by atomic mass is 16.1. The molecular formula is C15H13N3O. The van der Waals surface area contributed by atoms with Crippen LogP contribution in [0.1, 0.15) is 21.5 Å². The van der Waals surface area contributed by atoms with Crippen molar-refractivity contribution in [2.75, 3.05) is 11.1 Å². The average Bonchev–Trinajstić information content (AvgIpc) is 2.43. The van der Waals surface area contributed by atoms with Gasteiger partial charge in [0.05, 0.1) is 11.6 Å². The molecule has 94 valence electrons. The lowest BCUT2D eigenvalue weighted by Crippen LogP contribution is -2.13. The van der Waals surface area contributed by atoms with Gasteiger partial charge >= 0.3 is 0 Å². The van der Waals surface area contributed by atoms with Gasteiger partial charge in [0.15, 0.2) is 0 Å². The highest BCUT2D eigenvalue weighted by Crippen LogP contribution is 2.19. The number of amides is 1. The lowest BCUT2D eigenvalue weighted by Gasteiger charge is -2.09. The summed E-state index contributed by atoms with van der Waals surface area (Å²) in [6.07, 6.45) is 0. The Bertz CT molecular complexity index is 671. The van der Waals surface area contributed by atoms with Crippen molar-refractivity contribution in [3.63, 3.8) is 0 Å². The van der Waals surface area contributed by atoms with Crippen molar-refractivity contribution in [2.24, 2.45) is 0 Å². The molecule has 2 aromatic rings. The van der Waals surface area contributed by atoms with Crippen molar-refractivity contribution < 1.29 is 4.79 Å². The average molecular weight is 251 g/mol. The minimum absolute atomic E-state index is 0.259. The van der Waals surface area contributed by atoms with Gasteiger partial charge in [-0.2, -0.15) is 5.26 Å². The molecule has 0 heterocycles. The van der Waals surface area contributed by atoms with Gasteiger partial charge < -0.3 is 11.1 Å². The Labute approximate surface area is 111 Å². The highest BCUT2D eigenvalue weighted by molar-refractivity contribution is 6.05. The minimum Gasteiger partial charge on any atom is -0.399 e. The summed E-state index contributed by atoms with van der Waals surface area (Å²) in [6, 6.07) is 13.9. The molecule has 0 fully saturated rings. The number of carbonyl (C=O) groups is 1. The van der Waals surface area contributed by atoms with Gasteiger partial charge in [-0.25, -0.2) is 0 Å². The van der Waals surface area contributed by atoms with Gasteiger partial charge in [0, 0.05) is 16.9 Å². The molecule has 0 aromatic heterocycles. The third kappa shape index (κ3) is 2.90. The summed E-state index contributed by atoms with van der Waals surface area (Å²) in [5.41, 5.74) is 8.79. The smallest absolute Gasteiger partial charge is 0.255 e. The number of nitrogens with two attached hydrogens (primary N) is 1. The molecule has 0 unspecified atom stereocenters. The molecule has 0 aliphatic heterocycles. The molecule has 0 saturated heterocycles. The number of benzene rings is 2. The largest absolute Gasteiger partial charge is 0.399 e. The maximum atomic E-state index is 12.1. The number of nitriles is 1. The van der Waals surface area contributed by atoms with Crippen LogP contribution < -0.4 is 11.1 Å². The third-order valence-electron chi connectivity index (χ3n) is 2.76. The van der Waals surface area contributed by atoms with Crippen LogP contribution in [0.3, 0.4) is 0 Å². The quantitative estimate of drug-likeness (QED) is 0.805. The van der Waals surface area contributed by atoms with Crippen LogP contribution >= 0.6 is 0 Å². The maximum Gasteiger partial charge on any atom is 0.255 e. The Morgan fingerprint density at radius 2 is 2.05 bits per heavy atom. The summed E-state index contributed by atoms with van der Waals surface area (Å²) >= 11 is 0. The van der Waals surface area contributed by atoms with E-state index in [-0.39, 0.29) is 5.91 Å². The molecule has 2 aromatic carbocycles. The van der Waals surface area contributed by atoms with Crippen molar-refractivity contribution in [1.29, 1.82) is 5.26 Å². The number of anilines is 2. The molecule has 4 nitrogen and oxygen atoms in total. The summed E-state index contributed by atoms with van der Waals surface area (Å²) in [6.45, 7) is 1.89. The SMILES string of the molecule is Cc1ccc(N)cc1NC(=O)c1cccc(C#N)c1. The number of nitrogens with one attached hydrogen (secondary N) is 1. The Balaban J connectivity index is 2.26. The first-order valence-corrected chi connectivity index (χ1v) is 5.78. The zero-order valence-electron chi connectivity index (χ0n) is 10.5. The first-order valence-electron chi connectivity index (χ1n) is 5.78. The predicted molar refractivity (Wildman–Crippen MR) is 74.7 cm³/mol. The van der Waals surface area contributed by atoms with E-state index in [0.29, 0.717) is 22.5 Å². The topological polar surface area (TPSA) is 78.9 Å². The maximum absolute atomic E-state index is 12.1.